The van der Waals surface area contributed by atoms with Crippen molar-refractivity contribution in [2.45, 2.75) is 36.8 Å². The van der Waals surface area contributed by atoms with Crippen molar-refractivity contribution in [1.29, 1.82) is 0 Å². The molecular weight excluding hydrogens is 311 g/mol. The molecule has 22 heavy (non-hydrogen) atoms. The zero-order valence-electron chi connectivity index (χ0n) is 12.2. The van der Waals surface area contributed by atoms with E-state index in [-0.39, 0.29) is 30.3 Å². The lowest BCUT2D eigenvalue weighted by molar-refractivity contribution is -0.120. The summed E-state index contributed by atoms with van der Waals surface area (Å²) in [4.78, 5) is 11.0. The average Bonchev–Trinajstić information content (AvgIpc) is 2.62. The predicted molar refractivity (Wildman–Crippen MR) is 78.0 cm³/mol. The second-order valence-corrected chi connectivity index (χ2v) is 7.25. The van der Waals surface area contributed by atoms with Crippen LogP contribution in [0.4, 0.5) is 4.39 Å². The van der Waals surface area contributed by atoms with Crippen LogP contribution in [-0.4, -0.2) is 49.0 Å². The number of nitrogens with one attached hydrogen (secondary N) is 1. The molecule has 0 aromatic heterocycles. The molecule has 0 spiro atoms. The standard InChI is InChI=1S/C14H19FN2O4S/c1-10(18)16-13-5-7-17(8-6-14(13)19)22(20,21)12-4-2-3-11(15)9-12/h2-4,9,13-14,19H,5-8H2,1H3,(H,16,18)/t13-,14-/m0/s1. The fourth-order valence-corrected chi connectivity index (χ4v) is 4.01. The van der Waals surface area contributed by atoms with Crippen LogP contribution in [0.5, 0.6) is 0 Å². The van der Waals surface area contributed by atoms with Crippen LogP contribution in [0.25, 0.3) is 0 Å². The molecule has 0 bridgehead atoms. The summed E-state index contributed by atoms with van der Waals surface area (Å²) in [5, 5.41) is 12.6. The Labute approximate surface area is 129 Å². The van der Waals surface area contributed by atoms with Crippen molar-refractivity contribution in [3.63, 3.8) is 0 Å². The third kappa shape index (κ3) is 3.82. The minimum atomic E-state index is -3.81. The third-order valence-corrected chi connectivity index (χ3v) is 5.55. The van der Waals surface area contributed by atoms with Crippen molar-refractivity contribution in [2.24, 2.45) is 0 Å². The Kier molecular flexibility index (Phi) is 5.15. The molecular formula is C14H19FN2O4S. The van der Waals surface area contributed by atoms with Gasteiger partial charge in [0.05, 0.1) is 17.0 Å². The van der Waals surface area contributed by atoms with E-state index >= 15 is 0 Å². The summed E-state index contributed by atoms with van der Waals surface area (Å²) < 4.78 is 39.5. The molecule has 0 radical (unpaired) electrons. The molecule has 8 heteroatoms. The number of halogens is 1. The van der Waals surface area contributed by atoms with Crippen molar-refractivity contribution >= 4 is 15.9 Å². The van der Waals surface area contributed by atoms with Crippen molar-refractivity contribution in [2.75, 3.05) is 13.1 Å². The van der Waals surface area contributed by atoms with Gasteiger partial charge in [0.2, 0.25) is 15.9 Å². The number of nitrogens with zero attached hydrogens (tertiary/aromatic N) is 1. The molecule has 1 amide bonds. The maximum absolute atomic E-state index is 13.2. The van der Waals surface area contributed by atoms with Crippen LogP contribution in [0, 0.1) is 5.82 Å². The van der Waals surface area contributed by atoms with Gasteiger partial charge in [-0.15, -0.1) is 0 Å². The van der Waals surface area contributed by atoms with Gasteiger partial charge >= 0.3 is 0 Å². The Bertz CT molecular complexity index is 650. The summed E-state index contributed by atoms with van der Waals surface area (Å²) in [5.41, 5.74) is 0. The van der Waals surface area contributed by atoms with E-state index in [0.717, 1.165) is 6.07 Å². The molecule has 0 aliphatic carbocycles. The molecule has 2 atom stereocenters. The summed E-state index contributed by atoms with van der Waals surface area (Å²) in [7, 11) is -3.81. The van der Waals surface area contributed by atoms with Gasteiger partial charge in [-0.05, 0) is 31.0 Å². The first-order chi connectivity index (χ1) is 10.3. The lowest BCUT2D eigenvalue weighted by Gasteiger charge is -2.20. The summed E-state index contributed by atoms with van der Waals surface area (Å²) in [5.74, 6) is -0.891. The molecule has 2 rings (SSSR count). The lowest BCUT2D eigenvalue weighted by Crippen LogP contribution is -2.42. The summed E-state index contributed by atoms with van der Waals surface area (Å²) in [6.45, 7) is 1.62. The van der Waals surface area contributed by atoms with Gasteiger partial charge in [-0.1, -0.05) is 6.07 Å². The van der Waals surface area contributed by atoms with Crippen molar-refractivity contribution < 1.29 is 22.7 Å². The number of amides is 1. The van der Waals surface area contributed by atoms with Gasteiger partial charge in [0.1, 0.15) is 5.82 Å². The molecule has 2 N–H and O–H groups in total. The van der Waals surface area contributed by atoms with E-state index < -0.39 is 28.0 Å². The molecule has 1 aromatic carbocycles. The highest BCUT2D eigenvalue weighted by Crippen LogP contribution is 2.21. The number of benzene rings is 1. The van der Waals surface area contributed by atoms with Crippen LogP contribution in [0.2, 0.25) is 0 Å². The van der Waals surface area contributed by atoms with Gasteiger partial charge in [-0.3, -0.25) is 4.79 Å². The number of aliphatic hydroxyl groups excluding tert-OH is 1. The van der Waals surface area contributed by atoms with Gasteiger partial charge in [0, 0.05) is 20.0 Å². The van der Waals surface area contributed by atoms with E-state index in [4.69, 9.17) is 0 Å². The van der Waals surface area contributed by atoms with Crippen molar-refractivity contribution in [1.82, 2.24) is 9.62 Å². The maximum atomic E-state index is 13.2. The van der Waals surface area contributed by atoms with Gasteiger partial charge < -0.3 is 10.4 Å². The number of sulfonamides is 1. The number of rotatable bonds is 3. The molecule has 122 valence electrons. The van der Waals surface area contributed by atoms with Crippen LogP contribution in [0.15, 0.2) is 29.2 Å². The quantitative estimate of drug-likeness (QED) is 0.844. The predicted octanol–water partition coefficient (Wildman–Crippen LogP) is 0.476. The Morgan fingerprint density at radius 3 is 2.68 bits per heavy atom. The molecule has 6 nitrogen and oxygen atoms in total. The highest BCUT2D eigenvalue weighted by Gasteiger charge is 2.31. The monoisotopic (exact) mass is 330 g/mol. The number of aliphatic hydroxyl groups is 1. The summed E-state index contributed by atoms with van der Waals surface area (Å²) >= 11 is 0. The van der Waals surface area contributed by atoms with E-state index in [1.165, 1.54) is 29.4 Å². The van der Waals surface area contributed by atoms with E-state index in [1.807, 2.05) is 0 Å². The lowest BCUT2D eigenvalue weighted by atomic mass is 10.1. The number of carbonyl (C=O) groups is 1. The number of hydrogen-bond donors (Lipinski definition) is 2. The van der Waals surface area contributed by atoms with Crippen molar-refractivity contribution in [3.05, 3.63) is 30.1 Å². The first-order valence-corrected chi connectivity index (χ1v) is 8.45. The minimum Gasteiger partial charge on any atom is -0.391 e. The maximum Gasteiger partial charge on any atom is 0.243 e. The van der Waals surface area contributed by atoms with Crippen LogP contribution in [0.3, 0.4) is 0 Å². The zero-order chi connectivity index (χ0) is 16.3. The van der Waals surface area contributed by atoms with Gasteiger partial charge in [0.25, 0.3) is 0 Å². The third-order valence-electron chi connectivity index (χ3n) is 3.65. The Morgan fingerprint density at radius 1 is 1.36 bits per heavy atom. The second-order valence-electron chi connectivity index (χ2n) is 5.31. The average molecular weight is 330 g/mol. The Morgan fingerprint density at radius 2 is 2.05 bits per heavy atom. The van der Waals surface area contributed by atoms with Crippen LogP contribution in [-0.2, 0) is 14.8 Å². The van der Waals surface area contributed by atoms with Gasteiger partial charge in [0.15, 0.2) is 0 Å². The largest absolute Gasteiger partial charge is 0.391 e. The van der Waals surface area contributed by atoms with Gasteiger partial charge in [-0.25, -0.2) is 12.8 Å². The first-order valence-electron chi connectivity index (χ1n) is 7.01. The summed E-state index contributed by atoms with van der Waals surface area (Å²) in [6, 6.07) is 4.35. The molecule has 0 unspecified atom stereocenters. The second kappa shape index (κ2) is 6.72. The van der Waals surface area contributed by atoms with Crippen molar-refractivity contribution in [3.8, 4) is 0 Å². The highest BCUT2D eigenvalue weighted by atomic mass is 32.2. The molecule has 1 aliphatic rings. The molecule has 1 heterocycles. The summed E-state index contributed by atoms with van der Waals surface area (Å²) in [6.07, 6.45) is -0.300. The molecule has 1 fully saturated rings. The smallest absolute Gasteiger partial charge is 0.243 e. The van der Waals surface area contributed by atoms with E-state index in [1.54, 1.807) is 0 Å². The van der Waals surface area contributed by atoms with Crippen LogP contribution >= 0.6 is 0 Å². The molecule has 1 saturated heterocycles. The SMILES string of the molecule is CC(=O)N[C@H]1CCN(S(=O)(=O)c2cccc(F)c2)CC[C@@H]1O. The fourth-order valence-electron chi connectivity index (χ4n) is 2.51. The van der Waals surface area contributed by atoms with E-state index in [2.05, 4.69) is 5.32 Å². The first kappa shape index (κ1) is 16.9. The van der Waals surface area contributed by atoms with E-state index in [0.29, 0.717) is 6.42 Å². The molecule has 1 aliphatic heterocycles. The van der Waals surface area contributed by atoms with Crippen LogP contribution in [0.1, 0.15) is 19.8 Å². The fraction of sp³-hybridized carbons (Fsp3) is 0.500. The Balaban J connectivity index is 2.17. The van der Waals surface area contributed by atoms with Gasteiger partial charge in [-0.2, -0.15) is 4.31 Å². The topological polar surface area (TPSA) is 86.7 Å². The highest BCUT2D eigenvalue weighted by molar-refractivity contribution is 7.89. The van der Waals surface area contributed by atoms with Crippen LogP contribution < -0.4 is 5.32 Å². The Hall–Kier alpha value is -1.51. The number of carbonyl (C=O) groups excluding carboxylic acids is 1. The number of hydrogen-bond acceptors (Lipinski definition) is 4. The minimum absolute atomic E-state index is 0.111. The van der Waals surface area contributed by atoms with E-state index in [9.17, 15) is 22.7 Å². The normalized spacial score (nSPS) is 23.8. The molecule has 0 saturated carbocycles. The zero-order valence-corrected chi connectivity index (χ0v) is 13.0. The molecule has 1 aromatic rings.